The van der Waals surface area contributed by atoms with Gasteiger partial charge in [0.2, 0.25) is 0 Å². The fourth-order valence-corrected chi connectivity index (χ4v) is 5.92. The Balaban J connectivity index is 1.32. The molecule has 1 N–H and O–H groups in total. The first-order valence-corrected chi connectivity index (χ1v) is 17.2. The first-order chi connectivity index (χ1) is 19.2. The first kappa shape index (κ1) is 27.5. The molecule has 2 atom stereocenters. The highest BCUT2D eigenvalue weighted by Gasteiger charge is 2.32. The van der Waals surface area contributed by atoms with Gasteiger partial charge in [-0.25, -0.2) is 19.7 Å². The zero-order chi connectivity index (χ0) is 28.3. The Kier molecular flexibility index (Phi) is 7.95. The molecule has 0 radical (unpaired) electrons. The summed E-state index contributed by atoms with van der Waals surface area (Å²) in [6.45, 7) is 9.65. The van der Waals surface area contributed by atoms with Crippen LogP contribution in [0.3, 0.4) is 0 Å². The zero-order valence-corrected chi connectivity index (χ0v) is 24.1. The second kappa shape index (κ2) is 11.6. The van der Waals surface area contributed by atoms with Crippen LogP contribution in [0.2, 0.25) is 25.7 Å². The number of carboxylic acids is 1. The molecule has 1 aliphatic rings. The molecule has 5 rings (SSSR count). The smallest absolute Gasteiger partial charge is 0.354 e. The quantitative estimate of drug-likeness (QED) is 0.206. The van der Waals surface area contributed by atoms with E-state index < -0.39 is 14.0 Å². The monoisotopic (exact) mass is 558 g/mol. The van der Waals surface area contributed by atoms with Gasteiger partial charge in [0.15, 0.2) is 0 Å². The number of hydrogen-bond donors (Lipinski definition) is 1. The van der Waals surface area contributed by atoms with Crippen molar-refractivity contribution in [3.63, 3.8) is 0 Å². The van der Waals surface area contributed by atoms with Crippen molar-refractivity contribution < 1.29 is 14.6 Å². The Bertz CT molecular complexity index is 1540. The molecule has 5 heterocycles. The lowest BCUT2D eigenvalue weighted by atomic mass is 9.96. The van der Waals surface area contributed by atoms with Gasteiger partial charge in [-0.1, -0.05) is 19.6 Å². The number of carboxylic acid groups (broad SMARTS) is 1. The van der Waals surface area contributed by atoms with E-state index in [1.54, 1.807) is 18.6 Å². The normalized spacial score (nSPS) is 16.4. The number of nitriles is 1. The maximum Gasteiger partial charge on any atom is 0.354 e. The van der Waals surface area contributed by atoms with E-state index >= 15 is 0 Å². The molecule has 208 valence electrons. The van der Waals surface area contributed by atoms with E-state index in [9.17, 15) is 15.2 Å². The van der Waals surface area contributed by atoms with E-state index in [4.69, 9.17) is 4.74 Å². The summed E-state index contributed by atoms with van der Waals surface area (Å²) in [6, 6.07) is 8.75. The van der Waals surface area contributed by atoms with Gasteiger partial charge in [-0.05, 0) is 30.7 Å². The topological polar surface area (TPSA) is 135 Å². The molecule has 11 nitrogen and oxygen atoms in total. The summed E-state index contributed by atoms with van der Waals surface area (Å²) >= 11 is 0. The maximum atomic E-state index is 11.4. The lowest BCUT2D eigenvalue weighted by Crippen LogP contribution is -2.25. The maximum absolute atomic E-state index is 11.4. The van der Waals surface area contributed by atoms with Crippen LogP contribution in [0.5, 0.6) is 0 Å². The van der Waals surface area contributed by atoms with Crippen LogP contribution in [0.25, 0.3) is 22.3 Å². The molecular formula is C28H34N8O3Si. The zero-order valence-electron chi connectivity index (χ0n) is 23.1. The summed E-state index contributed by atoms with van der Waals surface area (Å²) in [4.78, 5) is 26.5. The molecule has 0 bridgehead atoms. The van der Waals surface area contributed by atoms with Crippen molar-refractivity contribution in [2.45, 2.75) is 51.3 Å². The van der Waals surface area contributed by atoms with Gasteiger partial charge in [0, 0.05) is 68.9 Å². The molecule has 0 spiro atoms. The number of hydrogen-bond acceptors (Lipinski definition) is 8. The van der Waals surface area contributed by atoms with Gasteiger partial charge in [0.05, 0.1) is 30.4 Å². The minimum Gasteiger partial charge on any atom is -0.477 e. The van der Waals surface area contributed by atoms with Crippen LogP contribution >= 0.6 is 0 Å². The highest BCUT2D eigenvalue weighted by molar-refractivity contribution is 6.76. The molecule has 0 amide bonds. The van der Waals surface area contributed by atoms with E-state index in [1.807, 2.05) is 33.8 Å². The summed E-state index contributed by atoms with van der Waals surface area (Å²) in [6.07, 6.45) is 10.0. The number of nitrogens with zero attached hydrogens (tertiary/aromatic N) is 8. The average Bonchev–Trinajstić information content (AvgIpc) is 3.69. The predicted molar refractivity (Wildman–Crippen MR) is 154 cm³/mol. The van der Waals surface area contributed by atoms with Crippen LogP contribution in [0, 0.1) is 17.2 Å². The van der Waals surface area contributed by atoms with E-state index in [0.717, 1.165) is 53.6 Å². The Labute approximate surface area is 234 Å². The number of aromatic carboxylic acids is 1. The fraction of sp³-hybridized carbons (Fsp3) is 0.429. The molecule has 2 unspecified atom stereocenters. The van der Waals surface area contributed by atoms with Crippen LogP contribution in [-0.2, 0) is 11.5 Å². The minimum absolute atomic E-state index is 0.0226. The van der Waals surface area contributed by atoms with Crippen molar-refractivity contribution in [2.24, 2.45) is 5.92 Å². The average molecular weight is 559 g/mol. The summed E-state index contributed by atoms with van der Waals surface area (Å²) < 4.78 is 9.82. The van der Waals surface area contributed by atoms with Gasteiger partial charge >= 0.3 is 5.97 Å². The summed E-state index contributed by atoms with van der Waals surface area (Å²) in [5, 5.41) is 24.5. The molecule has 40 heavy (non-hydrogen) atoms. The Hall–Kier alpha value is -4.08. The van der Waals surface area contributed by atoms with Crippen molar-refractivity contribution >= 4 is 30.8 Å². The molecule has 0 saturated carbocycles. The van der Waals surface area contributed by atoms with Crippen LogP contribution < -0.4 is 4.90 Å². The van der Waals surface area contributed by atoms with Crippen molar-refractivity contribution in [2.75, 3.05) is 24.6 Å². The molecule has 1 fully saturated rings. The van der Waals surface area contributed by atoms with Gasteiger partial charge in [-0.15, -0.1) is 0 Å². The third-order valence-corrected chi connectivity index (χ3v) is 9.10. The second-order valence-electron chi connectivity index (χ2n) is 11.4. The number of fused-ring (bicyclic) bond motifs is 1. The Morgan fingerprint density at radius 3 is 2.90 bits per heavy atom. The molecule has 1 aliphatic heterocycles. The number of ether oxygens (including phenoxy) is 1. The highest BCUT2D eigenvalue weighted by atomic mass is 28.3. The fourth-order valence-electron chi connectivity index (χ4n) is 5.16. The number of anilines is 1. The molecule has 12 heteroatoms. The van der Waals surface area contributed by atoms with Crippen molar-refractivity contribution in [1.82, 2.24) is 29.3 Å². The Morgan fingerprint density at radius 2 is 2.12 bits per heavy atom. The molecular weight excluding hydrogens is 524 g/mol. The van der Waals surface area contributed by atoms with Gasteiger partial charge < -0.3 is 19.3 Å². The standard InChI is InChI=1S/C28H34N8O3Si/c1-40(2,3)13-12-39-19-35-11-7-23-26(31-18-32-27(23)35)21-15-33-36(17-21)25(4-8-29)20-6-10-34(16-20)22-5-9-30-24(14-22)28(37)38/h5,7,9,11,14-15,17-18,20,25H,4,6,10,12-13,16,19H2,1-3H3,(H,37,38). The SMILES string of the molecule is C[Si](C)(C)CCOCn1ccc2c(-c3cnn(C(CC#N)C4CCN(c5ccnc(C(=O)O)c5)C4)c3)ncnc21. The van der Waals surface area contributed by atoms with E-state index in [0.29, 0.717) is 19.7 Å². The van der Waals surface area contributed by atoms with E-state index in [-0.39, 0.29) is 17.7 Å². The minimum atomic E-state index is -1.15. The first-order valence-electron chi connectivity index (χ1n) is 13.5. The van der Waals surface area contributed by atoms with E-state index in [1.165, 1.54) is 6.20 Å². The molecule has 4 aromatic heterocycles. The second-order valence-corrected chi connectivity index (χ2v) is 17.1. The summed E-state index contributed by atoms with van der Waals surface area (Å²) in [5.41, 5.74) is 3.31. The molecule has 0 aliphatic carbocycles. The largest absolute Gasteiger partial charge is 0.477 e. The molecule has 1 saturated heterocycles. The lowest BCUT2D eigenvalue weighted by Gasteiger charge is -2.23. The van der Waals surface area contributed by atoms with Gasteiger partial charge in [-0.3, -0.25) is 4.68 Å². The van der Waals surface area contributed by atoms with Crippen molar-refractivity contribution in [1.29, 1.82) is 5.26 Å². The van der Waals surface area contributed by atoms with E-state index in [2.05, 4.69) is 50.7 Å². The molecule has 0 aromatic carbocycles. The van der Waals surface area contributed by atoms with Gasteiger partial charge in [0.25, 0.3) is 0 Å². The van der Waals surface area contributed by atoms with Crippen molar-refractivity contribution in [3.05, 3.63) is 55.0 Å². The number of pyridine rings is 1. The summed E-state index contributed by atoms with van der Waals surface area (Å²) in [7, 11) is -1.15. The van der Waals surface area contributed by atoms with Crippen LogP contribution in [0.1, 0.15) is 29.4 Å². The lowest BCUT2D eigenvalue weighted by molar-refractivity contribution is 0.0690. The third kappa shape index (κ3) is 6.05. The van der Waals surface area contributed by atoms with Crippen LogP contribution in [0.4, 0.5) is 5.69 Å². The number of rotatable bonds is 11. The van der Waals surface area contributed by atoms with Crippen LogP contribution in [0.15, 0.2) is 49.3 Å². The van der Waals surface area contributed by atoms with Crippen LogP contribution in [-0.4, -0.2) is 68.1 Å². The predicted octanol–water partition coefficient (Wildman–Crippen LogP) is 4.68. The van der Waals surface area contributed by atoms with Crippen molar-refractivity contribution in [3.8, 4) is 17.3 Å². The highest BCUT2D eigenvalue weighted by Crippen LogP contribution is 2.34. The third-order valence-electron chi connectivity index (χ3n) is 7.39. The Morgan fingerprint density at radius 1 is 1.27 bits per heavy atom. The van der Waals surface area contributed by atoms with Gasteiger partial charge in [0.1, 0.15) is 24.4 Å². The summed E-state index contributed by atoms with van der Waals surface area (Å²) in [5.74, 6) is -0.874. The molecule has 4 aromatic rings. The number of aromatic nitrogens is 6. The number of carbonyl (C=O) groups is 1. The van der Waals surface area contributed by atoms with Gasteiger partial charge in [-0.2, -0.15) is 10.4 Å².